The Morgan fingerprint density at radius 3 is 2.83 bits per heavy atom. The van der Waals surface area contributed by atoms with Gasteiger partial charge in [-0.25, -0.2) is 0 Å². The van der Waals surface area contributed by atoms with Crippen LogP contribution in [0.3, 0.4) is 0 Å². The van der Waals surface area contributed by atoms with Crippen molar-refractivity contribution in [3.05, 3.63) is 23.8 Å². The van der Waals surface area contributed by atoms with Gasteiger partial charge in [-0.15, -0.1) is 0 Å². The quantitative estimate of drug-likeness (QED) is 0.799. The second-order valence-electron chi connectivity index (χ2n) is 6.73. The molecule has 1 saturated heterocycles. The van der Waals surface area contributed by atoms with Crippen molar-refractivity contribution in [1.82, 2.24) is 10.6 Å². The Hall–Kier alpha value is -1.30. The lowest BCUT2D eigenvalue weighted by atomic mass is 9.94. The topological polar surface area (TPSA) is 51.8 Å². The van der Waals surface area contributed by atoms with Gasteiger partial charge in [0.15, 0.2) is 11.5 Å². The number of nitrogens with one attached hydrogen (secondary N) is 2. The Kier molecular flexibility index (Phi) is 6.35. The highest BCUT2D eigenvalue weighted by atomic mass is 16.5. The van der Waals surface area contributed by atoms with Crippen molar-refractivity contribution in [3.63, 3.8) is 0 Å². The van der Waals surface area contributed by atoms with Crippen LogP contribution < -0.4 is 20.1 Å². The summed E-state index contributed by atoms with van der Waals surface area (Å²) in [7, 11) is 3.35. The molecule has 1 aliphatic carbocycles. The van der Waals surface area contributed by atoms with Gasteiger partial charge in [0.05, 0.1) is 27.4 Å². The summed E-state index contributed by atoms with van der Waals surface area (Å²) in [4.78, 5) is 0. The number of benzene rings is 1. The first-order valence-electron chi connectivity index (χ1n) is 9.07. The predicted octanol–water partition coefficient (Wildman–Crippen LogP) is 1.99. The fourth-order valence-electron chi connectivity index (χ4n) is 4.02. The second kappa shape index (κ2) is 8.70. The second-order valence-corrected chi connectivity index (χ2v) is 6.73. The average Bonchev–Trinajstić information content (AvgIpc) is 3.11. The normalized spacial score (nSPS) is 27.2. The van der Waals surface area contributed by atoms with Gasteiger partial charge in [-0.05, 0) is 49.4 Å². The van der Waals surface area contributed by atoms with E-state index >= 15 is 0 Å². The van der Waals surface area contributed by atoms with E-state index in [1.807, 2.05) is 6.07 Å². The van der Waals surface area contributed by atoms with Crippen molar-refractivity contribution >= 4 is 0 Å². The zero-order valence-corrected chi connectivity index (χ0v) is 14.8. The van der Waals surface area contributed by atoms with Crippen LogP contribution >= 0.6 is 0 Å². The minimum atomic E-state index is 0.514. The van der Waals surface area contributed by atoms with Crippen LogP contribution in [-0.2, 0) is 11.2 Å². The maximum absolute atomic E-state index is 5.65. The summed E-state index contributed by atoms with van der Waals surface area (Å²) in [5.41, 5.74) is 1.27. The number of hydrogen-bond acceptors (Lipinski definition) is 5. The van der Waals surface area contributed by atoms with Crippen LogP contribution in [0, 0.1) is 5.92 Å². The Balaban J connectivity index is 1.50. The van der Waals surface area contributed by atoms with Gasteiger partial charge in [0.1, 0.15) is 0 Å². The van der Waals surface area contributed by atoms with E-state index in [2.05, 4.69) is 22.8 Å². The SMILES string of the molecule is COc1ccc(CCNC2CCCC2C2COCCN2)cc1OC. The van der Waals surface area contributed by atoms with Gasteiger partial charge in [0, 0.05) is 18.6 Å². The van der Waals surface area contributed by atoms with E-state index < -0.39 is 0 Å². The average molecular weight is 334 g/mol. The van der Waals surface area contributed by atoms with E-state index in [4.69, 9.17) is 14.2 Å². The lowest BCUT2D eigenvalue weighted by molar-refractivity contribution is 0.0526. The van der Waals surface area contributed by atoms with Gasteiger partial charge in [0.25, 0.3) is 0 Å². The number of ether oxygens (including phenoxy) is 3. The molecule has 2 fully saturated rings. The number of methoxy groups -OCH3 is 2. The lowest BCUT2D eigenvalue weighted by Gasteiger charge is -2.33. The molecule has 3 unspecified atom stereocenters. The molecule has 5 heteroatoms. The fraction of sp³-hybridized carbons (Fsp3) is 0.684. The van der Waals surface area contributed by atoms with Crippen molar-refractivity contribution in [2.24, 2.45) is 5.92 Å². The highest BCUT2D eigenvalue weighted by Crippen LogP contribution is 2.30. The van der Waals surface area contributed by atoms with Crippen LogP contribution in [0.5, 0.6) is 11.5 Å². The van der Waals surface area contributed by atoms with E-state index in [0.717, 1.165) is 44.2 Å². The van der Waals surface area contributed by atoms with Crippen molar-refractivity contribution in [3.8, 4) is 11.5 Å². The lowest BCUT2D eigenvalue weighted by Crippen LogP contribution is -2.51. The van der Waals surface area contributed by atoms with Crippen molar-refractivity contribution in [2.75, 3.05) is 40.5 Å². The molecule has 1 heterocycles. The van der Waals surface area contributed by atoms with E-state index in [1.54, 1.807) is 14.2 Å². The first-order chi connectivity index (χ1) is 11.8. The summed E-state index contributed by atoms with van der Waals surface area (Å²) in [6.07, 6.45) is 4.89. The molecule has 2 aliphatic rings. The third-order valence-corrected chi connectivity index (χ3v) is 5.30. The van der Waals surface area contributed by atoms with Crippen LogP contribution in [0.2, 0.25) is 0 Å². The minimum Gasteiger partial charge on any atom is -0.493 e. The van der Waals surface area contributed by atoms with Crippen molar-refractivity contribution in [1.29, 1.82) is 0 Å². The third kappa shape index (κ3) is 4.21. The zero-order chi connectivity index (χ0) is 16.8. The highest BCUT2D eigenvalue weighted by molar-refractivity contribution is 5.42. The third-order valence-electron chi connectivity index (χ3n) is 5.30. The van der Waals surface area contributed by atoms with Gasteiger partial charge in [-0.1, -0.05) is 12.5 Å². The van der Waals surface area contributed by atoms with Crippen LogP contribution in [-0.4, -0.2) is 52.6 Å². The molecule has 0 bridgehead atoms. The standard InChI is InChI=1S/C19H30N2O3/c1-22-18-7-6-14(12-19(18)23-2)8-9-20-16-5-3-4-15(16)17-13-24-11-10-21-17/h6-7,12,15-17,20-21H,3-5,8-11,13H2,1-2H3. The molecular formula is C19H30N2O3. The Labute approximate surface area is 145 Å². The van der Waals surface area contributed by atoms with Crippen LogP contribution in [0.4, 0.5) is 0 Å². The van der Waals surface area contributed by atoms with Gasteiger partial charge in [-0.2, -0.15) is 0 Å². The van der Waals surface area contributed by atoms with Crippen LogP contribution in [0.15, 0.2) is 18.2 Å². The van der Waals surface area contributed by atoms with Gasteiger partial charge >= 0.3 is 0 Å². The number of hydrogen-bond donors (Lipinski definition) is 2. The first kappa shape index (κ1) is 17.5. The monoisotopic (exact) mass is 334 g/mol. The van der Waals surface area contributed by atoms with Gasteiger partial charge in [-0.3, -0.25) is 0 Å². The molecule has 3 rings (SSSR count). The first-order valence-corrected chi connectivity index (χ1v) is 9.07. The molecule has 1 aliphatic heterocycles. The summed E-state index contributed by atoms with van der Waals surface area (Å²) in [6, 6.07) is 7.29. The van der Waals surface area contributed by atoms with Gasteiger partial charge in [0.2, 0.25) is 0 Å². The predicted molar refractivity (Wildman–Crippen MR) is 95.0 cm³/mol. The molecule has 134 valence electrons. The Morgan fingerprint density at radius 1 is 1.21 bits per heavy atom. The Morgan fingerprint density at radius 2 is 2.08 bits per heavy atom. The molecule has 0 amide bonds. The summed E-state index contributed by atoms with van der Waals surface area (Å²) in [6.45, 7) is 3.68. The van der Waals surface area contributed by atoms with Crippen LogP contribution in [0.1, 0.15) is 24.8 Å². The minimum absolute atomic E-state index is 0.514. The molecule has 1 saturated carbocycles. The maximum Gasteiger partial charge on any atom is 0.160 e. The summed E-state index contributed by atoms with van der Waals surface area (Å²) >= 11 is 0. The summed E-state index contributed by atoms with van der Waals surface area (Å²) < 4.78 is 16.3. The van der Waals surface area contributed by atoms with E-state index in [9.17, 15) is 0 Å². The molecule has 0 radical (unpaired) electrons. The van der Waals surface area contributed by atoms with E-state index in [0.29, 0.717) is 18.0 Å². The largest absolute Gasteiger partial charge is 0.493 e. The Bertz CT molecular complexity index is 517. The summed E-state index contributed by atoms with van der Waals surface area (Å²) in [5.74, 6) is 2.28. The molecule has 1 aromatic rings. The van der Waals surface area contributed by atoms with Crippen LogP contribution in [0.25, 0.3) is 0 Å². The smallest absolute Gasteiger partial charge is 0.160 e. The molecule has 24 heavy (non-hydrogen) atoms. The maximum atomic E-state index is 5.65. The number of rotatable bonds is 7. The molecule has 5 nitrogen and oxygen atoms in total. The number of morpholine rings is 1. The van der Waals surface area contributed by atoms with E-state index in [-0.39, 0.29) is 0 Å². The van der Waals surface area contributed by atoms with Crippen molar-refractivity contribution < 1.29 is 14.2 Å². The molecule has 0 spiro atoms. The molecule has 0 aromatic heterocycles. The molecule has 2 N–H and O–H groups in total. The summed E-state index contributed by atoms with van der Waals surface area (Å²) in [5, 5.41) is 7.41. The molecule has 3 atom stereocenters. The fourth-order valence-corrected chi connectivity index (χ4v) is 4.02. The van der Waals surface area contributed by atoms with E-state index in [1.165, 1.54) is 24.8 Å². The van der Waals surface area contributed by atoms with Gasteiger partial charge < -0.3 is 24.8 Å². The van der Waals surface area contributed by atoms with Crippen molar-refractivity contribution in [2.45, 2.75) is 37.8 Å². The molecular weight excluding hydrogens is 304 g/mol. The zero-order valence-electron chi connectivity index (χ0n) is 14.8. The molecule has 1 aromatic carbocycles. The highest BCUT2D eigenvalue weighted by Gasteiger charge is 2.34.